The maximum atomic E-state index is 12.4. The van der Waals surface area contributed by atoms with Crippen molar-refractivity contribution in [1.29, 1.82) is 0 Å². The lowest BCUT2D eigenvalue weighted by Gasteiger charge is -2.19. The Kier molecular flexibility index (Phi) is 6.44. The van der Waals surface area contributed by atoms with Crippen LogP contribution in [-0.2, 0) is 27.5 Å². The number of carbonyl (C=O) groups is 2. The predicted octanol–water partition coefficient (Wildman–Crippen LogP) is 3.19. The number of rotatable bonds is 7. The molecule has 1 aliphatic rings. The van der Waals surface area contributed by atoms with Gasteiger partial charge in [0, 0.05) is 6.42 Å². The zero-order chi connectivity index (χ0) is 19.1. The highest BCUT2D eigenvalue weighted by atomic mass is 16.6. The number of likely N-dealkylation sites (tertiary alicyclic amines) is 1. The molecule has 1 aliphatic heterocycles. The van der Waals surface area contributed by atoms with Gasteiger partial charge in [-0.05, 0) is 23.3 Å². The Morgan fingerprint density at radius 2 is 1.78 bits per heavy atom. The third-order valence-corrected chi connectivity index (χ3v) is 4.55. The second-order valence-corrected chi connectivity index (χ2v) is 6.41. The van der Waals surface area contributed by atoms with Crippen LogP contribution in [0.2, 0.25) is 0 Å². The Morgan fingerprint density at radius 1 is 1.07 bits per heavy atom. The largest absolute Gasteiger partial charge is 0.497 e. The number of benzene rings is 2. The molecule has 3 rings (SSSR count). The molecule has 27 heavy (non-hydrogen) atoms. The van der Waals surface area contributed by atoms with Crippen molar-refractivity contribution < 1.29 is 23.8 Å². The first-order chi connectivity index (χ1) is 13.2. The molecule has 2 atom stereocenters. The molecule has 2 unspecified atom stereocenters. The van der Waals surface area contributed by atoms with Crippen molar-refractivity contribution >= 4 is 12.4 Å². The van der Waals surface area contributed by atoms with Crippen molar-refractivity contribution in [2.75, 3.05) is 13.7 Å². The van der Waals surface area contributed by atoms with Gasteiger partial charge in [0.05, 0.1) is 32.4 Å². The van der Waals surface area contributed by atoms with Crippen molar-refractivity contribution in [1.82, 2.24) is 4.90 Å². The fraction of sp³-hybridized carbons (Fsp3) is 0.333. The summed E-state index contributed by atoms with van der Waals surface area (Å²) in [5, 5.41) is 0. The van der Waals surface area contributed by atoms with Crippen LogP contribution in [0.1, 0.15) is 17.5 Å². The Morgan fingerprint density at radius 3 is 2.44 bits per heavy atom. The summed E-state index contributed by atoms with van der Waals surface area (Å²) in [5.41, 5.74) is 1.91. The summed E-state index contributed by atoms with van der Waals surface area (Å²) in [6.07, 6.45) is 0.554. The summed E-state index contributed by atoms with van der Waals surface area (Å²) >= 11 is 0. The smallest absolute Gasteiger partial charge is 0.410 e. The van der Waals surface area contributed by atoms with Gasteiger partial charge in [-0.2, -0.15) is 0 Å². The first kappa shape index (κ1) is 18.9. The highest BCUT2D eigenvalue weighted by Gasteiger charge is 2.36. The Labute approximate surface area is 158 Å². The van der Waals surface area contributed by atoms with E-state index in [1.165, 1.54) is 4.90 Å². The van der Waals surface area contributed by atoms with E-state index < -0.39 is 12.1 Å². The van der Waals surface area contributed by atoms with Crippen LogP contribution in [0.15, 0.2) is 54.6 Å². The van der Waals surface area contributed by atoms with Crippen LogP contribution >= 0.6 is 0 Å². The van der Waals surface area contributed by atoms with E-state index in [2.05, 4.69) is 0 Å². The maximum absolute atomic E-state index is 12.4. The van der Waals surface area contributed by atoms with Gasteiger partial charge in [0.1, 0.15) is 18.6 Å². The second kappa shape index (κ2) is 9.19. The highest BCUT2D eigenvalue weighted by Crippen LogP contribution is 2.22. The first-order valence-electron chi connectivity index (χ1n) is 8.86. The minimum atomic E-state index is -0.519. The van der Waals surface area contributed by atoms with Gasteiger partial charge < -0.3 is 19.0 Å². The molecule has 0 spiro atoms. The molecule has 0 aromatic heterocycles. The zero-order valence-corrected chi connectivity index (χ0v) is 15.2. The van der Waals surface area contributed by atoms with E-state index in [-0.39, 0.29) is 12.7 Å². The lowest BCUT2D eigenvalue weighted by atomic mass is 10.2. The molecule has 0 radical (unpaired) electrons. The highest BCUT2D eigenvalue weighted by molar-refractivity contribution is 5.74. The maximum Gasteiger partial charge on any atom is 0.410 e. The van der Waals surface area contributed by atoms with Gasteiger partial charge in [-0.3, -0.25) is 4.90 Å². The van der Waals surface area contributed by atoms with Crippen LogP contribution in [0.5, 0.6) is 5.75 Å². The fourth-order valence-corrected chi connectivity index (χ4v) is 3.02. The van der Waals surface area contributed by atoms with E-state index in [1.54, 1.807) is 7.11 Å². The molecule has 2 aromatic rings. The van der Waals surface area contributed by atoms with E-state index in [9.17, 15) is 9.59 Å². The van der Waals surface area contributed by atoms with Gasteiger partial charge in [-0.15, -0.1) is 0 Å². The lowest BCUT2D eigenvalue weighted by molar-refractivity contribution is -0.111. The topological polar surface area (TPSA) is 65.1 Å². The number of methoxy groups -OCH3 is 1. The minimum absolute atomic E-state index is 0.180. The molecule has 142 valence electrons. The number of aldehydes is 1. The molecule has 1 amide bonds. The van der Waals surface area contributed by atoms with Crippen molar-refractivity contribution in [3.63, 3.8) is 0 Å². The van der Waals surface area contributed by atoms with Crippen LogP contribution in [0.4, 0.5) is 4.79 Å². The van der Waals surface area contributed by atoms with Crippen LogP contribution in [-0.4, -0.2) is 43.1 Å². The van der Waals surface area contributed by atoms with Crippen molar-refractivity contribution in [2.24, 2.45) is 0 Å². The minimum Gasteiger partial charge on any atom is -0.497 e. The Bertz CT molecular complexity index is 747. The monoisotopic (exact) mass is 369 g/mol. The van der Waals surface area contributed by atoms with Crippen LogP contribution in [0.3, 0.4) is 0 Å². The van der Waals surface area contributed by atoms with Crippen molar-refractivity contribution in [3.8, 4) is 5.75 Å². The molecule has 6 heteroatoms. The molecule has 0 N–H and O–H groups in total. The summed E-state index contributed by atoms with van der Waals surface area (Å²) < 4.78 is 16.4. The Hall–Kier alpha value is -2.86. The van der Waals surface area contributed by atoms with Gasteiger partial charge in [0.15, 0.2) is 0 Å². The number of ether oxygens (including phenoxy) is 3. The number of hydrogen-bond acceptors (Lipinski definition) is 5. The van der Waals surface area contributed by atoms with E-state index in [0.717, 1.165) is 23.2 Å². The third kappa shape index (κ3) is 5.08. The average Bonchev–Trinajstić information content (AvgIpc) is 3.15. The van der Waals surface area contributed by atoms with Crippen LogP contribution in [0, 0.1) is 0 Å². The summed E-state index contributed by atoms with van der Waals surface area (Å²) in [7, 11) is 1.62. The quantitative estimate of drug-likeness (QED) is 0.702. The van der Waals surface area contributed by atoms with Gasteiger partial charge >= 0.3 is 6.09 Å². The molecule has 0 bridgehead atoms. The molecule has 1 fully saturated rings. The normalized spacial score (nSPS) is 18.9. The number of amides is 1. The van der Waals surface area contributed by atoms with Crippen LogP contribution < -0.4 is 4.74 Å². The summed E-state index contributed by atoms with van der Waals surface area (Å²) in [6.45, 7) is 0.930. The lowest BCUT2D eigenvalue weighted by Crippen LogP contribution is -2.37. The molecule has 0 aliphatic carbocycles. The van der Waals surface area contributed by atoms with Gasteiger partial charge in [-0.25, -0.2) is 4.79 Å². The first-order valence-corrected chi connectivity index (χ1v) is 8.86. The molecule has 1 saturated heterocycles. The SMILES string of the molecule is COc1ccc(COC2CC(C=O)N(C(=O)OCc3ccccc3)C2)cc1. The summed E-state index contributed by atoms with van der Waals surface area (Å²) in [4.78, 5) is 25.2. The predicted molar refractivity (Wildman–Crippen MR) is 99.4 cm³/mol. The van der Waals surface area contributed by atoms with Crippen molar-refractivity contribution in [3.05, 3.63) is 65.7 Å². The van der Waals surface area contributed by atoms with E-state index in [1.807, 2.05) is 54.6 Å². The molecule has 6 nitrogen and oxygen atoms in total. The number of nitrogens with zero attached hydrogens (tertiary/aromatic N) is 1. The number of hydrogen-bond donors (Lipinski definition) is 0. The average molecular weight is 369 g/mol. The molecular formula is C21H23NO5. The fourth-order valence-electron chi connectivity index (χ4n) is 3.02. The van der Waals surface area contributed by atoms with Crippen LogP contribution in [0.25, 0.3) is 0 Å². The zero-order valence-electron chi connectivity index (χ0n) is 15.2. The van der Waals surface area contributed by atoms with E-state index in [0.29, 0.717) is 19.6 Å². The molecule has 1 heterocycles. The van der Waals surface area contributed by atoms with Crippen molar-refractivity contribution in [2.45, 2.75) is 31.8 Å². The van der Waals surface area contributed by atoms with E-state index in [4.69, 9.17) is 14.2 Å². The van der Waals surface area contributed by atoms with Gasteiger partial charge in [-0.1, -0.05) is 42.5 Å². The van der Waals surface area contributed by atoms with Gasteiger partial charge in [0.2, 0.25) is 0 Å². The summed E-state index contributed by atoms with van der Waals surface area (Å²) in [5.74, 6) is 0.785. The van der Waals surface area contributed by atoms with Gasteiger partial charge in [0.25, 0.3) is 0 Å². The van der Waals surface area contributed by atoms with E-state index >= 15 is 0 Å². The molecule has 2 aromatic carbocycles. The molecular weight excluding hydrogens is 346 g/mol. The summed E-state index contributed by atoms with van der Waals surface area (Å²) in [6, 6.07) is 16.5. The second-order valence-electron chi connectivity index (χ2n) is 6.41. The standard InChI is InChI=1S/C21H23NO5/c1-25-19-9-7-17(8-10-19)14-26-20-11-18(13-23)22(12-20)21(24)27-15-16-5-3-2-4-6-16/h2-10,13,18,20H,11-12,14-15H2,1H3. The Balaban J connectivity index is 1.51. The molecule has 0 saturated carbocycles. The number of carbonyl (C=O) groups excluding carboxylic acids is 2. The third-order valence-electron chi connectivity index (χ3n) is 4.55.